The summed E-state index contributed by atoms with van der Waals surface area (Å²) in [4.78, 5) is 15.7. The Morgan fingerprint density at radius 2 is 2.19 bits per heavy atom. The van der Waals surface area contributed by atoms with E-state index in [-0.39, 0.29) is 11.9 Å². The SMILES string of the molecule is CCN1CCN(C(CN)CC(N)=O)CC1C. The number of likely N-dealkylation sites (N-methyl/N-ethyl adjacent to an activating group) is 1. The Bertz CT molecular complexity index is 234. The van der Waals surface area contributed by atoms with E-state index >= 15 is 0 Å². The number of nitrogens with zero attached hydrogens (tertiary/aromatic N) is 2. The van der Waals surface area contributed by atoms with Crippen molar-refractivity contribution in [2.24, 2.45) is 11.5 Å². The smallest absolute Gasteiger partial charge is 0.219 e. The quantitative estimate of drug-likeness (QED) is 0.647. The van der Waals surface area contributed by atoms with Crippen LogP contribution in [0.25, 0.3) is 0 Å². The zero-order valence-corrected chi connectivity index (χ0v) is 10.4. The molecule has 1 saturated heterocycles. The van der Waals surface area contributed by atoms with Crippen LogP contribution < -0.4 is 11.5 Å². The van der Waals surface area contributed by atoms with Gasteiger partial charge in [-0.05, 0) is 13.5 Å². The van der Waals surface area contributed by atoms with Crippen LogP contribution in [0.5, 0.6) is 0 Å². The van der Waals surface area contributed by atoms with Crippen molar-refractivity contribution in [1.82, 2.24) is 9.80 Å². The zero-order chi connectivity index (χ0) is 12.1. The Hall–Kier alpha value is -0.650. The number of carbonyl (C=O) groups excluding carboxylic acids is 1. The molecule has 0 aliphatic carbocycles. The predicted molar refractivity (Wildman–Crippen MR) is 64.9 cm³/mol. The lowest BCUT2D eigenvalue weighted by molar-refractivity contribution is -0.119. The number of carbonyl (C=O) groups is 1. The molecule has 0 aromatic rings. The van der Waals surface area contributed by atoms with E-state index in [0.717, 1.165) is 26.2 Å². The fourth-order valence-corrected chi connectivity index (χ4v) is 2.42. The maximum Gasteiger partial charge on any atom is 0.219 e. The van der Waals surface area contributed by atoms with Gasteiger partial charge in [0, 0.05) is 44.7 Å². The van der Waals surface area contributed by atoms with Gasteiger partial charge in [0.2, 0.25) is 5.91 Å². The van der Waals surface area contributed by atoms with Gasteiger partial charge >= 0.3 is 0 Å². The number of amides is 1. The Labute approximate surface area is 97.7 Å². The average Bonchev–Trinajstić information content (AvgIpc) is 2.25. The zero-order valence-electron chi connectivity index (χ0n) is 10.4. The van der Waals surface area contributed by atoms with Crippen LogP contribution in [0.15, 0.2) is 0 Å². The molecule has 0 aromatic carbocycles. The number of piperazine rings is 1. The van der Waals surface area contributed by atoms with Gasteiger partial charge in [0.1, 0.15) is 0 Å². The lowest BCUT2D eigenvalue weighted by Gasteiger charge is -2.42. The van der Waals surface area contributed by atoms with Crippen molar-refractivity contribution in [3.8, 4) is 0 Å². The highest BCUT2D eigenvalue weighted by molar-refractivity contribution is 5.74. The normalized spacial score (nSPS) is 25.6. The number of nitrogens with two attached hydrogens (primary N) is 2. The van der Waals surface area contributed by atoms with Crippen molar-refractivity contribution in [2.75, 3.05) is 32.7 Å². The second kappa shape index (κ2) is 6.18. The summed E-state index contributed by atoms with van der Waals surface area (Å²) < 4.78 is 0. The maximum absolute atomic E-state index is 10.9. The van der Waals surface area contributed by atoms with Gasteiger partial charge in [-0.25, -0.2) is 0 Å². The summed E-state index contributed by atoms with van der Waals surface area (Å²) in [5, 5.41) is 0. The molecule has 5 nitrogen and oxygen atoms in total. The topological polar surface area (TPSA) is 75.6 Å². The number of hydrogen-bond donors (Lipinski definition) is 2. The fraction of sp³-hybridized carbons (Fsp3) is 0.909. The van der Waals surface area contributed by atoms with Crippen molar-refractivity contribution in [2.45, 2.75) is 32.4 Å². The summed E-state index contributed by atoms with van der Waals surface area (Å²) in [5.41, 5.74) is 10.9. The highest BCUT2D eigenvalue weighted by Crippen LogP contribution is 2.13. The van der Waals surface area contributed by atoms with Crippen LogP contribution in [-0.2, 0) is 4.79 Å². The summed E-state index contributed by atoms with van der Waals surface area (Å²) in [6, 6.07) is 0.639. The first kappa shape index (κ1) is 13.4. The molecule has 0 radical (unpaired) electrons. The van der Waals surface area contributed by atoms with E-state index in [1.807, 2.05) is 0 Å². The number of hydrogen-bond acceptors (Lipinski definition) is 4. The van der Waals surface area contributed by atoms with Crippen LogP contribution >= 0.6 is 0 Å². The second-order valence-corrected chi connectivity index (χ2v) is 4.53. The molecule has 1 amide bonds. The van der Waals surface area contributed by atoms with E-state index in [1.54, 1.807) is 0 Å². The summed E-state index contributed by atoms with van der Waals surface area (Å²) in [6.45, 7) is 8.98. The van der Waals surface area contributed by atoms with Crippen LogP contribution in [0, 0.1) is 0 Å². The van der Waals surface area contributed by atoms with E-state index < -0.39 is 0 Å². The van der Waals surface area contributed by atoms with Crippen LogP contribution in [0.3, 0.4) is 0 Å². The molecule has 0 bridgehead atoms. The predicted octanol–water partition coefficient (Wildman–Crippen LogP) is -0.785. The molecule has 94 valence electrons. The number of primary amides is 1. The van der Waals surface area contributed by atoms with Crippen molar-refractivity contribution in [3.05, 3.63) is 0 Å². The number of rotatable bonds is 5. The van der Waals surface area contributed by atoms with Gasteiger partial charge in [0.05, 0.1) is 0 Å². The standard InChI is InChI=1S/C11H24N4O/c1-3-14-4-5-15(8-9(14)2)10(7-12)6-11(13)16/h9-10H,3-8,12H2,1-2H3,(H2,13,16). The van der Waals surface area contributed by atoms with Gasteiger partial charge in [-0.2, -0.15) is 0 Å². The summed E-state index contributed by atoms with van der Waals surface area (Å²) in [6.07, 6.45) is 0.370. The van der Waals surface area contributed by atoms with Crippen LogP contribution in [0.4, 0.5) is 0 Å². The molecule has 16 heavy (non-hydrogen) atoms. The van der Waals surface area contributed by atoms with Crippen LogP contribution in [0.2, 0.25) is 0 Å². The molecule has 5 heteroatoms. The van der Waals surface area contributed by atoms with Crippen LogP contribution in [0.1, 0.15) is 20.3 Å². The highest BCUT2D eigenvalue weighted by atomic mass is 16.1. The first-order chi connectivity index (χ1) is 7.58. The minimum absolute atomic E-state index is 0.110. The molecule has 1 heterocycles. The Morgan fingerprint density at radius 1 is 1.50 bits per heavy atom. The van der Waals surface area contributed by atoms with Gasteiger partial charge in [0.25, 0.3) is 0 Å². The van der Waals surface area contributed by atoms with E-state index in [0.29, 0.717) is 19.0 Å². The molecular weight excluding hydrogens is 204 g/mol. The molecule has 1 fully saturated rings. The van der Waals surface area contributed by atoms with Gasteiger partial charge in [-0.1, -0.05) is 6.92 Å². The molecule has 0 aromatic heterocycles. The minimum Gasteiger partial charge on any atom is -0.370 e. The van der Waals surface area contributed by atoms with Gasteiger partial charge in [-0.3, -0.25) is 14.6 Å². The van der Waals surface area contributed by atoms with E-state index in [1.165, 1.54) is 0 Å². The van der Waals surface area contributed by atoms with Gasteiger partial charge in [-0.15, -0.1) is 0 Å². The Kier molecular flexibility index (Phi) is 5.18. The molecule has 2 atom stereocenters. The van der Waals surface area contributed by atoms with E-state index in [2.05, 4.69) is 23.6 Å². The summed E-state index contributed by atoms with van der Waals surface area (Å²) in [5.74, 6) is -0.263. The molecule has 0 spiro atoms. The second-order valence-electron chi connectivity index (χ2n) is 4.53. The van der Waals surface area contributed by atoms with E-state index in [4.69, 9.17) is 11.5 Å². The molecule has 0 saturated carbocycles. The average molecular weight is 228 g/mol. The van der Waals surface area contributed by atoms with E-state index in [9.17, 15) is 4.79 Å². The summed E-state index contributed by atoms with van der Waals surface area (Å²) in [7, 11) is 0. The van der Waals surface area contributed by atoms with Crippen LogP contribution in [-0.4, -0.2) is 60.5 Å². The highest BCUT2D eigenvalue weighted by Gasteiger charge is 2.27. The first-order valence-corrected chi connectivity index (χ1v) is 6.05. The first-order valence-electron chi connectivity index (χ1n) is 6.05. The van der Waals surface area contributed by atoms with Crippen molar-refractivity contribution >= 4 is 5.91 Å². The monoisotopic (exact) mass is 228 g/mol. The maximum atomic E-state index is 10.9. The lowest BCUT2D eigenvalue weighted by Crippen LogP contribution is -2.56. The largest absolute Gasteiger partial charge is 0.370 e. The van der Waals surface area contributed by atoms with Crippen molar-refractivity contribution < 1.29 is 4.79 Å². The van der Waals surface area contributed by atoms with Gasteiger partial charge in [0.15, 0.2) is 0 Å². The Morgan fingerprint density at radius 3 is 2.62 bits per heavy atom. The fourth-order valence-electron chi connectivity index (χ4n) is 2.42. The van der Waals surface area contributed by atoms with Crippen molar-refractivity contribution in [3.63, 3.8) is 0 Å². The molecule has 2 unspecified atom stereocenters. The Balaban J connectivity index is 2.51. The molecular formula is C11H24N4O. The third-order valence-corrected chi connectivity index (χ3v) is 3.43. The molecule has 1 rings (SSSR count). The minimum atomic E-state index is -0.263. The lowest BCUT2D eigenvalue weighted by atomic mass is 10.1. The third-order valence-electron chi connectivity index (χ3n) is 3.43. The third kappa shape index (κ3) is 3.43. The molecule has 1 aliphatic heterocycles. The van der Waals surface area contributed by atoms with Gasteiger partial charge < -0.3 is 11.5 Å². The molecule has 1 aliphatic rings. The summed E-state index contributed by atoms with van der Waals surface area (Å²) >= 11 is 0. The van der Waals surface area contributed by atoms with Crippen molar-refractivity contribution in [1.29, 1.82) is 0 Å². The molecule has 4 N–H and O–H groups in total.